The van der Waals surface area contributed by atoms with Crippen molar-refractivity contribution in [3.05, 3.63) is 107 Å². The number of aliphatic hydroxyl groups is 1. The Morgan fingerprint density at radius 2 is 1.56 bits per heavy atom. The van der Waals surface area contributed by atoms with Gasteiger partial charge in [-0.05, 0) is 25.7 Å². The maximum Gasteiger partial charge on any atom is 0.162 e. The predicted molar refractivity (Wildman–Crippen MR) is 215 cm³/mol. The molecule has 0 bridgehead atoms. The summed E-state index contributed by atoms with van der Waals surface area (Å²) >= 11 is -0.410. The van der Waals surface area contributed by atoms with Gasteiger partial charge in [-0.25, -0.2) is 0 Å². The standard InChI is InChI=1S/C31H28GeNS.C13H24O2.Ir/c1-31(2,3)25-17-23(16-20-10-6-8-12-24(20)25)29-30-22(14-15-33-29)19-28(34-30)27-18-21-11-7-9-13-26(21)32(27,4)5;1-5-10(6-2)12(14)9-13(15)11(7-3)8-4;/h6-15,17-19H,1-5H3;9-11,14H,5-8H2,1-4H3;/q-1;;/b;12-9-;. The molecule has 3 nitrogen and oxygen atoms in total. The van der Waals surface area contributed by atoms with E-state index in [1.807, 2.05) is 45.2 Å². The summed E-state index contributed by atoms with van der Waals surface area (Å²) in [6.45, 7) is 14.9. The van der Waals surface area contributed by atoms with Gasteiger partial charge in [-0.3, -0.25) is 4.79 Å². The number of aliphatic hydroxyl groups excluding tert-OH is 1. The van der Waals surface area contributed by atoms with Crippen LogP contribution in [0.5, 0.6) is 0 Å². The van der Waals surface area contributed by atoms with E-state index >= 15 is 0 Å². The molecule has 0 aliphatic carbocycles. The van der Waals surface area contributed by atoms with Crippen molar-refractivity contribution in [3.63, 3.8) is 0 Å². The van der Waals surface area contributed by atoms with E-state index in [-0.39, 0.29) is 48.9 Å². The van der Waals surface area contributed by atoms with E-state index in [0.29, 0.717) is 0 Å². The van der Waals surface area contributed by atoms with Crippen LogP contribution < -0.4 is 4.40 Å². The van der Waals surface area contributed by atoms with Gasteiger partial charge in [0.25, 0.3) is 0 Å². The molecule has 0 unspecified atom stereocenters. The number of ketones is 1. The molecule has 6 heteroatoms. The second kappa shape index (κ2) is 16.7. The minimum Gasteiger partial charge on any atom is -0.512 e. The number of rotatable bonds is 9. The largest absolute Gasteiger partial charge is 0.512 e. The molecular weight excluding hydrogens is 871 g/mol. The maximum absolute atomic E-state index is 11.7. The Morgan fingerprint density at radius 3 is 2.20 bits per heavy atom. The molecule has 0 spiro atoms. The average molecular weight is 924 g/mol. The normalized spacial score (nSPS) is 14.0. The zero-order valence-corrected chi connectivity index (χ0v) is 36.4. The van der Waals surface area contributed by atoms with Gasteiger partial charge < -0.3 is 5.11 Å². The molecule has 1 N–H and O–H groups in total. The molecule has 1 aliphatic heterocycles. The van der Waals surface area contributed by atoms with Gasteiger partial charge in [0.2, 0.25) is 0 Å². The fourth-order valence-electron chi connectivity index (χ4n) is 7.10. The molecule has 50 heavy (non-hydrogen) atoms. The molecule has 265 valence electrons. The van der Waals surface area contributed by atoms with Crippen molar-refractivity contribution in [1.82, 2.24) is 4.98 Å². The van der Waals surface area contributed by atoms with Crippen molar-refractivity contribution in [2.75, 3.05) is 0 Å². The predicted octanol–water partition coefficient (Wildman–Crippen LogP) is 12.1. The molecule has 1 radical (unpaired) electrons. The number of pyridine rings is 1. The molecule has 0 saturated heterocycles. The van der Waals surface area contributed by atoms with Gasteiger partial charge in [-0.15, -0.1) is 0 Å². The van der Waals surface area contributed by atoms with Crippen LogP contribution in [0.25, 0.3) is 42.6 Å². The summed E-state index contributed by atoms with van der Waals surface area (Å²) in [5.41, 5.74) is 4.93. The van der Waals surface area contributed by atoms with Gasteiger partial charge in [-0.1, -0.05) is 27.7 Å². The van der Waals surface area contributed by atoms with E-state index in [2.05, 4.69) is 111 Å². The Balaban J connectivity index is 0.000000301. The first kappa shape index (κ1) is 40.0. The minimum atomic E-state index is -2.31. The van der Waals surface area contributed by atoms with Crippen molar-refractivity contribution < 1.29 is 30.0 Å². The molecule has 0 saturated carbocycles. The fraction of sp³-hybridized carbons (Fsp3) is 0.364. The SMILES string of the molecule is CC(C)(C)c1cc(-c2nccc3cc([C]4=Cc5cccc[c]5[Ge]4([CH3])[CH3])sc23)[c-]c2ccccc12.CCC(CC)C(=O)/C=C(\O)C(CC)CC.[Ir]. The Labute approximate surface area is 320 Å². The van der Waals surface area contributed by atoms with Crippen LogP contribution in [0.1, 0.15) is 90.2 Å². The summed E-state index contributed by atoms with van der Waals surface area (Å²) in [4.78, 5) is 18.0. The molecule has 5 aromatic rings. The van der Waals surface area contributed by atoms with Gasteiger partial charge in [0, 0.05) is 38.0 Å². The van der Waals surface area contributed by atoms with E-state index in [1.54, 1.807) is 8.80 Å². The van der Waals surface area contributed by atoms with Crippen LogP contribution in [0.2, 0.25) is 11.5 Å². The molecule has 0 atom stereocenters. The van der Waals surface area contributed by atoms with E-state index in [1.165, 1.54) is 37.6 Å². The first-order valence-electron chi connectivity index (χ1n) is 17.9. The van der Waals surface area contributed by atoms with Crippen molar-refractivity contribution in [3.8, 4) is 11.3 Å². The third-order valence-corrected chi connectivity index (χ3v) is 19.3. The number of benzene rings is 3. The van der Waals surface area contributed by atoms with Gasteiger partial charge in [0.1, 0.15) is 0 Å². The Morgan fingerprint density at radius 1 is 0.920 bits per heavy atom. The molecule has 0 amide bonds. The number of aromatic nitrogens is 1. The van der Waals surface area contributed by atoms with Gasteiger partial charge in [0.05, 0.1) is 5.76 Å². The van der Waals surface area contributed by atoms with Gasteiger partial charge in [0.15, 0.2) is 5.78 Å². The smallest absolute Gasteiger partial charge is 0.162 e. The summed E-state index contributed by atoms with van der Waals surface area (Å²) in [5, 5.41) is 13.5. The topological polar surface area (TPSA) is 50.2 Å². The molecule has 2 aromatic heterocycles. The minimum absolute atomic E-state index is 0. The van der Waals surface area contributed by atoms with Crippen LogP contribution >= 0.6 is 11.3 Å². The second-order valence-corrected chi connectivity index (χ2v) is 25.0. The molecule has 3 aromatic carbocycles. The molecular formula is C44H52GeIrNO2S-. The van der Waals surface area contributed by atoms with Crippen molar-refractivity contribution >= 4 is 66.1 Å². The van der Waals surface area contributed by atoms with Crippen LogP contribution in [0.15, 0.2) is 84.8 Å². The summed E-state index contributed by atoms with van der Waals surface area (Å²) in [6.07, 6.45) is 9.31. The van der Waals surface area contributed by atoms with Gasteiger partial charge >= 0.3 is 209 Å². The van der Waals surface area contributed by atoms with Gasteiger partial charge in [-0.2, -0.15) is 0 Å². The van der Waals surface area contributed by atoms with Crippen LogP contribution in [-0.4, -0.2) is 29.1 Å². The second-order valence-electron chi connectivity index (χ2n) is 14.8. The molecule has 6 rings (SSSR count). The zero-order valence-electron chi connectivity index (χ0n) is 31.1. The van der Waals surface area contributed by atoms with E-state index in [4.69, 9.17) is 4.98 Å². The number of thiophene rings is 1. The Bertz CT molecular complexity index is 2030. The quantitative estimate of drug-likeness (QED) is 0.0694. The first-order chi connectivity index (χ1) is 23.3. The average Bonchev–Trinajstić information content (AvgIpc) is 3.63. The summed E-state index contributed by atoms with van der Waals surface area (Å²) < 4.78 is 4.43. The molecule has 0 fully saturated rings. The number of carbonyl (C=O) groups is 1. The van der Waals surface area contributed by atoms with E-state index < -0.39 is 13.3 Å². The number of carbonyl (C=O) groups excluding carboxylic acids is 1. The summed E-state index contributed by atoms with van der Waals surface area (Å²) in [7, 11) is 0. The summed E-state index contributed by atoms with van der Waals surface area (Å²) in [6, 6.07) is 28.1. The maximum atomic E-state index is 11.7. The number of allylic oxidation sites excluding steroid dienone is 2. The number of hydrogen-bond acceptors (Lipinski definition) is 4. The summed E-state index contributed by atoms with van der Waals surface area (Å²) in [5.74, 6) is 5.59. The fourth-order valence-corrected chi connectivity index (χ4v) is 15.9. The number of fused-ring (bicyclic) bond motifs is 3. The third kappa shape index (κ3) is 8.28. The molecule has 1 aliphatic rings. The number of hydrogen-bond donors (Lipinski definition) is 1. The van der Waals surface area contributed by atoms with Crippen molar-refractivity contribution in [2.24, 2.45) is 11.8 Å². The zero-order chi connectivity index (χ0) is 35.5. The van der Waals surface area contributed by atoms with Crippen LogP contribution in [-0.2, 0) is 30.3 Å². The van der Waals surface area contributed by atoms with E-state index in [0.717, 1.165) is 42.3 Å². The Kier molecular flexibility index (Phi) is 13.3. The Hall–Kier alpha value is -2.83. The first-order valence-corrected chi connectivity index (χ1v) is 25.1. The van der Waals surface area contributed by atoms with E-state index in [9.17, 15) is 9.90 Å². The van der Waals surface area contributed by atoms with Crippen LogP contribution in [0.3, 0.4) is 0 Å². The van der Waals surface area contributed by atoms with Crippen molar-refractivity contribution in [1.29, 1.82) is 0 Å². The molecule has 3 heterocycles. The third-order valence-electron chi connectivity index (χ3n) is 10.2. The van der Waals surface area contributed by atoms with Crippen LogP contribution in [0.4, 0.5) is 0 Å². The number of nitrogens with zero attached hydrogens (tertiary/aromatic N) is 1. The monoisotopic (exact) mass is 925 g/mol. The van der Waals surface area contributed by atoms with Crippen molar-refractivity contribution in [2.45, 2.75) is 91.1 Å². The van der Waals surface area contributed by atoms with Crippen LogP contribution in [0, 0.1) is 17.9 Å².